The summed E-state index contributed by atoms with van der Waals surface area (Å²) in [4.78, 5) is 14.5. The number of nitrogens with one attached hydrogen (secondary N) is 2. The molecule has 2 unspecified atom stereocenters. The fourth-order valence-electron chi connectivity index (χ4n) is 3.61. The number of aromatic amines is 1. The van der Waals surface area contributed by atoms with Crippen LogP contribution in [0.3, 0.4) is 0 Å². The summed E-state index contributed by atoms with van der Waals surface area (Å²) in [5.74, 6) is -0.0495. The van der Waals surface area contributed by atoms with E-state index >= 15 is 0 Å². The van der Waals surface area contributed by atoms with Crippen molar-refractivity contribution < 1.29 is 5.11 Å². The van der Waals surface area contributed by atoms with Gasteiger partial charge in [0.05, 0.1) is 22.6 Å². The molecule has 2 atom stereocenters. The minimum atomic E-state index is -0.384. The van der Waals surface area contributed by atoms with Crippen LogP contribution >= 0.6 is 23.2 Å². The van der Waals surface area contributed by atoms with Gasteiger partial charge in [-0.05, 0) is 48.7 Å². The van der Waals surface area contributed by atoms with Crippen LogP contribution in [0.4, 0.5) is 5.69 Å². The molecular weight excluding hydrogens is 373 g/mol. The van der Waals surface area contributed by atoms with Gasteiger partial charge in [0.2, 0.25) is 5.88 Å². The summed E-state index contributed by atoms with van der Waals surface area (Å²) in [5, 5.41) is 14.6. The van der Waals surface area contributed by atoms with Gasteiger partial charge < -0.3 is 15.4 Å². The molecule has 0 saturated carbocycles. The van der Waals surface area contributed by atoms with E-state index in [0.717, 1.165) is 23.2 Å². The van der Waals surface area contributed by atoms with Crippen LogP contribution in [0.2, 0.25) is 10.0 Å². The van der Waals surface area contributed by atoms with E-state index in [4.69, 9.17) is 23.2 Å². The van der Waals surface area contributed by atoms with Crippen LogP contribution in [0.1, 0.15) is 30.4 Å². The zero-order chi connectivity index (χ0) is 18.4. The number of H-pyrrole nitrogens is 1. The van der Waals surface area contributed by atoms with Crippen molar-refractivity contribution in [3.63, 3.8) is 0 Å². The number of aromatic hydroxyl groups is 1. The molecule has 2 heterocycles. The van der Waals surface area contributed by atoms with Crippen molar-refractivity contribution in [2.75, 3.05) is 5.32 Å². The molecule has 3 N–H and O–H groups in total. The normalized spacial score (nSPS) is 19.0. The Labute approximate surface area is 160 Å². The van der Waals surface area contributed by atoms with Crippen LogP contribution in [-0.2, 0) is 0 Å². The fourth-order valence-corrected chi connectivity index (χ4v) is 4.18. The Kier molecular flexibility index (Phi) is 4.21. The SMILES string of the molecule is CC1CC(c2cccc(-n3c(O)c[nH]c3=O)c2)c2cc(Cl)cc(Cl)c2N1. The summed E-state index contributed by atoms with van der Waals surface area (Å²) >= 11 is 12.6. The molecule has 3 aromatic rings. The molecule has 0 bridgehead atoms. The molecule has 0 amide bonds. The summed E-state index contributed by atoms with van der Waals surface area (Å²) in [7, 11) is 0. The predicted molar refractivity (Wildman–Crippen MR) is 104 cm³/mol. The fraction of sp³-hybridized carbons (Fsp3) is 0.211. The lowest BCUT2D eigenvalue weighted by molar-refractivity contribution is 0.441. The quantitative estimate of drug-likeness (QED) is 0.603. The van der Waals surface area contributed by atoms with Gasteiger partial charge in [-0.1, -0.05) is 35.3 Å². The Morgan fingerprint density at radius 1 is 1.23 bits per heavy atom. The zero-order valence-corrected chi connectivity index (χ0v) is 15.5. The lowest BCUT2D eigenvalue weighted by Crippen LogP contribution is -2.26. The summed E-state index contributed by atoms with van der Waals surface area (Å²) in [6, 6.07) is 11.5. The Balaban J connectivity index is 1.85. The number of nitrogens with zero attached hydrogens (tertiary/aromatic N) is 1. The minimum absolute atomic E-state index is 0.0780. The highest BCUT2D eigenvalue weighted by Crippen LogP contribution is 2.43. The smallest absolute Gasteiger partial charge is 0.333 e. The maximum atomic E-state index is 12.0. The largest absolute Gasteiger partial charge is 0.493 e. The van der Waals surface area contributed by atoms with Crippen LogP contribution in [0.15, 0.2) is 47.4 Å². The number of hydrogen-bond donors (Lipinski definition) is 3. The molecule has 1 aromatic heterocycles. The first-order chi connectivity index (χ1) is 12.4. The highest BCUT2D eigenvalue weighted by molar-refractivity contribution is 6.36. The van der Waals surface area contributed by atoms with Gasteiger partial charge in [-0.3, -0.25) is 0 Å². The van der Waals surface area contributed by atoms with Crippen molar-refractivity contribution in [1.82, 2.24) is 9.55 Å². The van der Waals surface area contributed by atoms with Gasteiger partial charge >= 0.3 is 5.69 Å². The minimum Gasteiger partial charge on any atom is -0.493 e. The lowest BCUT2D eigenvalue weighted by atomic mass is 9.82. The number of aromatic nitrogens is 2. The lowest BCUT2D eigenvalue weighted by Gasteiger charge is -2.32. The standard InChI is InChI=1S/C19H17Cl2N3O2/c1-10-5-14(15-7-12(20)8-16(21)18(15)23-10)11-3-2-4-13(6-11)24-17(25)9-22-19(24)26/h2-4,6-10,14,23,25H,5H2,1H3,(H,22,26). The van der Waals surface area contributed by atoms with Gasteiger partial charge in [0.25, 0.3) is 0 Å². The van der Waals surface area contributed by atoms with E-state index < -0.39 is 0 Å². The first-order valence-corrected chi connectivity index (χ1v) is 9.05. The molecule has 7 heteroatoms. The van der Waals surface area contributed by atoms with Crippen molar-refractivity contribution in [1.29, 1.82) is 0 Å². The summed E-state index contributed by atoms with van der Waals surface area (Å²) < 4.78 is 1.24. The van der Waals surface area contributed by atoms with Crippen LogP contribution in [0, 0.1) is 0 Å². The second-order valence-electron chi connectivity index (χ2n) is 6.57. The molecular formula is C19H17Cl2N3O2. The van der Waals surface area contributed by atoms with Crippen molar-refractivity contribution in [2.24, 2.45) is 0 Å². The maximum Gasteiger partial charge on any atom is 0.333 e. The number of anilines is 1. The number of fused-ring (bicyclic) bond motifs is 1. The van der Waals surface area contributed by atoms with Crippen molar-refractivity contribution in [2.45, 2.75) is 25.3 Å². The third-order valence-corrected chi connectivity index (χ3v) is 5.24. The molecule has 1 aliphatic rings. The highest BCUT2D eigenvalue weighted by Gasteiger charge is 2.28. The zero-order valence-electron chi connectivity index (χ0n) is 14.0. The van der Waals surface area contributed by atoms with Gasteiger partial charge in [0.1, 0.15) is 0 Å². The Bertz CT molecular complexity index is 1040. The van der Waals surface area contributed by atoms with Gasteiger partial charge in [0, 0.05) is 17.0 Å². The molecule has 4 rings (SSSR count). The van der Waals surface area contributed by atoms with Crippen molar-refractivity contribution in [3.8, 4) is 11.6 Å². The van der Waals surface area contributed by atoms with Crippen molar-refractivity contribution in [3.05, 3.63) is 74.3 Å². The van der Waals surface area contributed by atoms with Gasteiger partial charge in [-0.15, -0.1) is 0 Å². The van der Waals surface area contributed by atoms with Crippen LogP contribution < -0.4 is 11.0 Å². The molecule has 0 fully saturated rings. The number of hydrogen-bond acceptors (Lipinski definition) is 3. The van der Waals surface area contributed by atoms with E-state index in [1.807, 2.05) is 24.3 Å². The van der Waals surface area contributed by atoms with Crippen molar-refractivity contribution >= 4 is 28.9 Å². The van der Waals surface area contributed by atoms with Gasteiger partial charge in [-0.25, -0.2) is 9.36 Å². The first kappa shape index (κ1) is 17.1. The molecule has 1 aliphatic heterocycles. The molecule has 2 aromatic carbocycles. The Morgan fingerprint density at radius 3 is 2.77 bits per heavy atom. The summed E-state index contributed by atoms with van der Waals surface area (Å²) in [6.45, 7) is 2.10. The average Bonchev–Trinajstić information content (AvgIpc) is 2.94. The van der Waals surface area contributed by atoms with E-state index in [2.05, 4.69) is 17.2 Å². The molecule has 0 saturated heterocycles. The third kappa shape index (κ3) is 2.87. The Morgan fingerprint density at radius 2 is 2.04 bits per heavy atom. The van der Waals surface area contributed by atoms with Gasteiger partial charge in [0.15, 0.2) is 0 Å². The average molecular weight is 390 g/mol. The van der Waals surface area contributed by atoms with E-state index in [9.17, 15) is 9.90 Å². The number of halogens is 2. The maximum absolute atomic E-state index is 12.0. The number of imidazole rings is 1. The second-order valence-corrected chi connectivity index (χ2v) is 7.41. The van der Waals surface area contributed by atoms with Crippen LogP contribution in [0.5, 0.6) is 5.88 Å². The Hall–Kier alpha value is -2.37. The summed E-state index contributed by atoms with van der Waals surface area (Å²) in [6.07, 6.45) is 2.14. The molecule has 26 heavy (non-hydrogen) atoms. The molecule has 0 spiro atoms. The number of benzene rings is 2. The van der Waals surface area contributed by atoms with Crippen LogP contribution in [0.25, 0.3) is 5.69 Å². The van der Waals surface area contributed by atoms with E-state index in [-0.39, 0.29) is 23.5 Å². The highest BCUT2D eigenvalue weighted by atomic mass is 35.5. The summed E-state index contributed by atoms with van der Waals surface area (Å²) in [5.41, 5.74) is 3.18. The molecule has 0 radical (unpaired) electrons. The topological polar surface area (TPSA) is 70.0 Å². The monoisotopic (exact) mass is 389 g/mol. The molecule has 0 aliphatic carbocycles. The first-order valence-electron chi connectivity index (χ1n) is 8.29. The van der Waals surface area contributed by atoms with Crippen LogP contribution in [-0.4, -0.2) is 20.7 Å². The third-order valence-electron chi connectivity index (χ3n) is 4.73. The molecule has 134 valence electrons. The van der Waals surface area contributed by atoms with E-state index in [1.165, 1.54) is 10.8 Å². The predicted octanol–water partition coefficient (Wildman–Crippen LogP) is 4.51. The van der Waals surface area contributed by atoms with Gasteiger partial charge in [-0.2, -0.15) is 0 Å². The van der Waals surface area contributed by atoms with E-state index in [1.54, 1.807) is 12.1 Å². The van der Waals surface area contributed by atoms with E-state index in [0.29, 0.717) is 15.7 Å². The second kappa shape index (κ2) is 6.41. The molecule has 5 nitrogen and oxygen atoms in total. The number of rotatable bonds is 2.